The number of ether oxygens (including phenoxy) is 2. The highest BCUT2D eigenvalue weighted by Crippen LogP contribution is 2.18. The van der Waals surface area contributed by atoms with Crippen LogP contribution in [0, 0.1) is 0 Å². The highest BCUT2D eigenvalue weighted by atomic mass is 32.2. The van der Waals surface area contributed by atoms with E-state index in [1.165, 1.54) is 0 Å². The molecule has 0 aromatic heterocycles. The van der Waals surface area contributed by atoms with Gasteiger partial charge >= 0.3 is 0 Å². The van der Waals surface area contributed by atoms with Crippen LogP contribution in [-0.4, -0.2) is 88.5 Å². The number of amides is 1. The van der Waals surface area contributed by atoms with Crippen molar-refractivity contribution in [2.75, 3.05) is 58.4 Å². The van der Waals surface area contributed by atoms with Crippen LogP contribution >= 0.6 is 0 Å². The molecule has 0 unspecified atom stereocenters. The fourth-order valence-electron chi connectivity index (χ4n) is 3.69. The van der Waals surface area contributed by atoms with Gasteiger partial charge in [0.2, 0.25) is 5.91 Å². The Morgan fingerprint density at radius 1 is 1.04 bits per heavy atom. The van der Waals surface area contributed by atoms with E-state index in [1.807, 2.05) is 4.90 Å². The molecule has 1 aromatic rings. The molecule has 0 aliphatic carbocycles. The predicted molar refractivity (Wildman–Crippen MR) is 106 cm³/mol. The molecule has 2 saturated heterocycles. The average Bonchev–Trinajstić information content (AvgIpc) is 2.75. The summed E-state index contributed by atoms with van der Waals surface area (Å²) in [5.74, 6) is -0.243. The summed E-state index contributed by atoms with van der Waals surface area (Å²) in [7, 11) is -3.45. The number of benzene rings is 1. The highest BCUT2D eigenvalue weighted by molar-refractivity contribution is 7.91. The third-order valence-corrected chi connectivity index (χ3v) is 7.13. The lowest BCUT2D eigenvalue weighted by atomic mass is 10.1. The summed E-state index contributed by atoms with van der Waals surface area (Å²) >= 11 is 0. The first-order valence-corrected chi connectivity index (χ1v) is 11.7. The Hall–Kier alpha value is -1.48. The van der Waals surface area contributed by atoms with Crippen LogP contribution in [-0.2, 0) is 24.1 Å². The minimum absolute atomic E-state index is 0.0116. The van der Waals surface area contributed by atoms with Gasteiger partial charge in [0.15, 0.2) is 9.84 Å². The van der Waals surface area contributed by atoms with Gasteiger partial charge in [-0.15, -0.1) is 0 Å². The lowest BCUT2D eigenvalue weighted by molar-refractivity contribution is -0.135. The first kappa shape index (κ1) is 21.2. The molecule has 0 bridgehead atoms. The largest absolute Gasteiger partial charge is 0.381 e. The Labute approximate surface area is 167 Å². The third kappa shape index (κ3) is 6.01. The quantitative estimate of drug-likeness (QED) is 0.641. The normalized spacial score (nSPS) is 19.4. The van der Waals surface area contributed by atoms with Crippen molar-refractivity contribution in [3.63, 3.8) is 0 Å². The Bertz CT molecular complexity index is 713. The molecule has 0 N–H and O–H groups in total. The maximum atomic E-state index is 13.0. The number of carbonyl (C=O) groups excluding carboxylic acids is 1. The van der Waals surface area contributed by atoms with Gasteiger partial charge in [0.05, 0.1) is 23.9 Å². The van der Waals surface area contributed by atoms with Gasteiger partial charge < -0.3 is 14.4 Å². The molecular weight excluding hydrogens is 380 g/mol. The number of sulfone groups is 1. The van der Waals surface area contributed by atoms with Gasteiger partial charge in [-0.2, -0.15) is 0 Å². The fraction of sp³-hybridized carbons (Fsp3) is 0.650. The van der Waals surface area contributed by atoms with Crippen molar-refractivity contribution < 1.29 is 22.7 Å². The average molecular weight is 411 g/mol. The van der Waals surface area contributed by atoms with Crippen LogP contribution in [0.5, 0.6) is 0 Å². The Balaban J connectivity index is 1.60. The van der Waals surface area contributed by atoms with Gasteiger partial charge in [0, 0.05) is 51.9 Å². The third-order valence-electron chi connectivity index (χ3n) is 5.40. The molecule has 156 valence electrons. The van der Waals surface area contributed by atoms with E-state index >= 15 is 0 Å². The maximum Gasteiger partial charge on any atom is 0.223 e. The predicted octanol–water partition coefficient (Wildman–Crippen LogP) is 1.19. The molecule has 2 fully saturated rings. The molecule has 3 rings (SSSR count). The van der Waals surface area contributed by atoms with Gasteiger partial charge in [-0.3, -0.25) is 9.69 Å². The number of rotatable bonds is 8. The molecule has 7 nitrogen and oxygen atoms in total. The first-order valence-electron chi connectivity index (χ1n) is 10.0. The number of hydrogen-bond donors (Lipinski definition) is 0. The van der Waals surface area contributed by atoms with Crippen LogP contribution in [0.25, 0.3) is 0 Å². The summed E-state index contributed by atoms with van der Waals surface area (Å²) in [5, 5.41) is 0. The molecule has 2 aliphatic heterocycles. The van der Waals surface area contributed by atoms with Gasteiger partial charge in [-0.1, -0.05) is 18.2 Å². The van der Waals surface area contributed by atoms with Crippen molar-refractivity contribution in [2.24, 2.45) is 0 Å². The second-order valence-corrected chi connectivity index (χ2v) is 9.38. The molecule has 2 aliphatic rings. The Morgan fingerprint density at radius 3 is 2.36 bits per heavy atom. The summed E-state index contributed by atoms with van der Waals surface area (Å²) in [4.78, 5) is 17.4. The zero-order chi connectivity index (χ0) is 19.8. The van der Waals surface area contributed by atoms with Crippen LogP contribution in [0.2, 0.25) is 0 Å². The van der Waals surface area contributed by atoms with Gasteiger partial charge in [0.1, 0.15) is 0 Å². The number of hydrogen-bond acceptors (Lipinski definition) is 6. The van der Waals surface area contributed by atoms with Gasteiger partial charge in [0.25, 0.3) is 0 Å². The van der Waals surface area contributed by atoms with E-state index in [1.54, 1.807) is 30.3 Å². The van der Waals surface area contributed by atoms with E-state index in [9.17, 15) is 13.2 Å². The summed E-state index contributed by atoms with van der Waals surface area (Å²) in [6, 6.07) is 8.46. The second-order valence-electron chi connectivity index (χ2n) is 7.27. The van der Waals surface area contributed by atoms with E-state index in [2.05, 4.69) is 4.90 Å². The molecule has 28 heavy (non-hydrogen) atoms. The van der Waals surface area contributed by atoms with E-state index in [0.29, 0.717) is 19.8 Å². The minimum atomic E-state index is -3.45. The fourth-order valence-corrected chi connectivity index (χ4v) is 4.94. The number of nitrogens with zero attached hydrogens (tertiary/aromatic N) is 2. The minimum Gasteiger partial charge on any atom is -0.381 e. The number of morpholine rings is 1. The molecule has 1 aromatic carbocycles. The molecule has 0 saturated carbocycles. The topological polar surface area (TPSA) is 76.2 Å². The summed E-state index contributed by atoms with van der Waals surface area (Å²) < 4.78 is 35.9. The summed E-state index contributed by atoms with van der Waals surface area (Å²) in [5.41, 5.74) is 0. The van der Waals surface area contributed by atoms with Crippen LogP contribution in [0.3, 0.4) is 0 Å². The first-order chi connectivity index (χ1) is 13.6. The zero-order valence-corrected chi connectivity index (χ0v) is 17.1. The van der Waals surface area contributed by atoms with Crippen molar-refractivity contribution in [3.05, 3.63) is 30.3 Å². The molecule has 8 heteroatoms. The molecule has 0 atom stereocenters. The van der Waals surface area contributed by atoms with E-state index in [-0.39, 0.29) is 29.0 Å². The molecule has 0 spiro atoms. The van der Waals surface area contributed by atoms with Crippen LogP contribution in [0.15, 0.2) is 35.2 Å². The van der Waals surface area contributed by atoms with Crippen molar-refractivity contribution in [1.29, 1.82) is 0 Å². The van der Waals surface area contributed by atoms with Gasteiger partial charge in [-0.05, 0) is 25.0 Å². The maximum absolute atomic E-state index is 13.0. The lowest BCUT2D eigenvalue weighted by Crippen LogP contribution is -2.48. The number of carbonyl (C=O) groups is 1. The SMILES string of the molecule is O=C(CCS(=O)(=O)c1ccccc1)N(CCN1CCOCC1)C1CCOCC1. The zero-order valence-electron chi connectivity index (χ0n) is 16.3. The lowest BCUT2D eigenvalue weighted by Gasteiger charge is -2.36. The van der Waals surface area contributed by atoms with Crippen molar-refractivity contribution in [3.8, 4) is 0 Å². The monoisotopic (exact) mass is 410 g/mol. The van der Waals surface area contributed by atoms with Crippen LogP contribution in [0.4, 0.5) is 0 Å². The van der Waals surface area contributed by atoms with Crippen LogP contribution in [0.1, 0.15) is 19.3 Å². The Morgan fingerprint density at radius 2 is 1.68 bits per heavy atom. The standard InChI is InChI=1S/C20H30N2O5S/c23-20(8-17-28(24,25)19-4-2-1-3-5-19)22(18-6-13-26-14-7-18)10-9-21-11-15-27-16-12-21/h1-5,18H,6-17H2. The second kappa shape index (κ2) is 10.3. The summed E-state index contributed by atoms with van der Waals surface area (Å²) in [6.45, 7) is 5.90. The highest BCUT2D eigenvalue weighted by Gasteiger charge is 2.27. The Kier molecular flexibility index (Phi) is 7.84. The smallest absolute Gasteiger partial charge is 0.223 e. The molecule has 2 heterocycles. The van der Waals surface area contributed by atoms with Crippen LogP contribution < -0.4 is 0 Å². The van der Waals surface area contributed by atoms with E-state index < -0.39 is 9.84 Å². The molecule has 0 radical (unpaired) electrons. The van der Waals surface area contributed by atoms with E-state index in [4.69, 9.17) is 9.47 Å². The van der Waals surface area contributed by atoms with Crippen molar-refractivity contribution in [2.45, 2.75) is 30.2 Å². The molecule has 1 amide bonds. The van der Waals surface area contributed by atoms with Crippen molar-refractivity contribution >= 4 is 15.7 Å². The summed E-state index contributed by atoms with van der Waals surface area (Å²) in [6.07, 6.45) is 1.62. The molecular formula is C20H30N2O5S. The van der Waals surface area contributed by atoms with Gasteiger partial charge in [-0.25, -0.2) is 8.42 Å². The van der Waals surface area contributed by atoms with Crippen molar-refractivity contribution in [1.82, 2.24) is 9.80 Å². The van der Waals surface area contributed by atoms with E-state index in [0.717, 1.165) is 45.7 Å².